The van der Waals surface area contributed by atoms with Crippen LogP contribution in [-0.2, 0) is 11.3 Å². The van der Waals surface area contributed by atoms with E-state index in [0.29, 0.717) is 22.6 Å². The van der Waals surface area contributed by atoms with Gasteiger partial charge in [-0.25, -0.2) is 9.78 Å². The highest BCUT2D eigenvalue weighted by atomic mass is 16.5. The average molecular weight is 364 g/mol. The molecule has 0 radical (unpaired) electrons. The van der Waals surface area contributed by atoms with Crippen LogP contribution in [0.5, 0.6) is 0 Å². The molecule has 2 aromatic carbocycles. The van der Waals surface area contributed by atoms with Gasteiger partial charge in [0.2, 0.25) is 0 Å². The minimum absolute atomic E-state index is 0.299. The first-order valence-corrected chi connectivity index (χ1v) is 8.73. The number of esters is 1. The molecule has 1 aliphatic heterocycles. The van der Waals surface area contributed by atoms with Crippen LogP contribution in [-0.4, -0.2) is 46.9 Å². The van der Waals surface area contributed by atoms with Crippen LogP contribution in [0.4, 0.5) is 0 Å². The Balaban J connectivity index is 1.41. The van der Waals surface area contributed by atoms with Gasteiger partial charge in [-0.05, 0) is 29.8 Å². The fourth-order valence-electron chi connectivity index (χ4n) is 3.44. The smallest absolute Gasteiger partial charge is 0.337 e. The maximum absolute atomic E-state index is 11.5. The highest BCUT2D eigenvalue weighted by Crippen LogP contribution is 2.29. The maximum atomic E-state index is 11.5. The molecule has 0 aliphatic carbocycles. The molecule has 7 nitrogen and oxygen atoms in total. The van der Waals surface area contributed by atoms with Gasteiger partial charge in [0.25, 0.3) is 5.91 Å². The van der Waals surface area contributed by atoms with Crippen LogP contribution < -0.4 is 5.73 Å². The minimum Gasteiger partial charge on any atom is -0.465 e. The van der Waals surface area contributed by atoms with E-state index in [1.54, 1.807) is 24.3 Å². The van der Waals surface area contributed by atoms with Gasteiger partial charge in [0.05, 0.1) is 23.8 Å². The minimum atomic E-state index is -0.468. The molecule has 0 atom stereocenters. The van der Waals surface area contributed by atoms with Gasteiger partial charge >= 0.3 is 5.97 Å². The number of methoxy groups -OCH3 is 1. The van der Waals surface area contributed by atoms with E-state index in [-0.39, 0.29) is 5.97 Å². The zero-order chi connectivity index (χ0) is 19.0. The predicted molar refractivity (Wildman–Crippen MR) is 100 cm³/mol. The molecule has 1 amide bonds. The Kier molecular flexibility index (Phi) is 4.37. The number of nitrogens with two attached hydrogens (primary N) is 1. The van der Waals surface area contributed by atoms with Gasteiger partial charge < -0.3 is 15.5 Å². The largest absolute Gasteiger partial charge is 0.465 e. The Hall–Kier alpha value is -3.19. The molecule has 0 bridgehead atoms. The molecular weight excluding hydrogens is 344 g/mol. The summed E-state index contributed by atoms with van der Waals surface area (Å²) in [5.74, 6) is 0.388. The second kappa shape index (κ2) is 6.85. The van der Waals surface area contributed by atoms with Crippen molar-refractivity contribution in [1.82, 2.24) is 14.9 Å². The predicted octanol–water partition coefficient (Wildman–Crippen LogP) is 2.05. The van der Waals surface area contributed by atoms with E-state index < -0.39 is 5.91 Å². The third kappa shape index (κ3) is 3.29. The van der Waals surface area contributed by atoms with Crippen LogP contribution in [0.25, 0.3) is 11.0 Å². The zero-order valence-electron chi connectivity index (χ0n) is 14.9. The Morgan fingerprint density at radius 2 is 1.96 bits per heavy atom. The summed E-state index contributed by atoms with van der Waals surface area (Å²) in [6, 6.07) is 12.8. The molecule has 1 aliphatic rings. The summed E-state index contributed by atoms with van der Waals surface area (Å²) in [6.45, 7) is 2.57. The van der Waals surface area contributed by atoms with Gasteiger partial charge in [0.15, 0.2) is 0 Å². The monoisotopic (exact) mass is 364 g/mol. The van der Waals surface area contributed by atoms with Crippen LogP contribution in [0.1, 0.15) is 38.0 Å². The van der Waals surface area contributed by atoms with E-state index in [4.69, 9.17) is 10.5 Å². The maximum Gasteiger partial charge on any atom is 0.337 e. The van der Waals surface area contributed by atoms with E-state index in [0.717, 1.165) is 36.5 Å². The van der Waals surface area contributed by atoms with Crippen molar-refractivity contribution < 1.29 is 14.3 Å². The van der Waals surface area contributed by atoms with Crippen molar-refractivity contribution in [2.24, 2.45) is 5.73 Å². The number of aromatic amines is 1. The Morgan fingerprint density at radius 3 is 2.63 bits per heavy atom. The summed E-state index contributed by atoms with van der Waals surface area (Å²) < 4.78 is 4.71. The lowest BCUT2D eigenvalue weighted by molar-refractivity contribution is 0.0600. The molecule has 138 valence electrons. The topological polar surface area (TPSA) is 101 Å². The lowest BCUT2D eigenvalue weighted by Gasteiger charge is -2.38. The third-order valence-corrected chi connectivity index (χ3v) is 4.92. The van der Waals surface area contributed by atoms with Gasteiger partial charge in [-0.3, -0.25) is 9.69 Å². The number of carbonyl (C=O) groups is 2. The van der Waals surface area contributed by atoms with Crippen molar-refractivity contribution in [1.29, 1.82) is 0 Å². The number of hydrogen-bond acceptors (Lipinski definition) is 5. The van der Waals surface area contributed by atoms with Crippen molar-refractivity contribution in [2.45, 2.75) is 12.5 Å². The molecule has 0 unspecified atom stereocenters. The Bertz CT molecular complexity index is 1000. The number of ether oxygens (including phenoxy) is 1. The summed E-state index contributed by atoms with van der Waals surface area (Å²) >= 11 is 0. The highest BCUT2D eigenvalue weighted by Gasteiger charge is 2.30. The first-order valence-electron chi connectivity index (χ1n) is 8.73. The van der Waals surface area contributed by atoms with E-state index in [2.05, 4.69) is 14.9 Å². The molecule has 1 aromatic heterocycles. The van der Waals surface area contributed by atoms with Crippen molar-refractivity contribution >= 4 is 22.9 Å². The molecule has 2 heterocycles. The summed E-state index contributed by atoms with van der Waals surface area (Å²) in [5, 5.41) is 0. The third-order valence-electron chi connectivity index (χ3n) is 4.92. The molecule has 1 saturated heterocycles. The van der Waals surface area contributed by atoms with Crippen molar-refractivity contribution in [2.75, 3.05) is 20.2 Å². The van der Waals surface area contributed by atoms with E-state index in [1.165, 1.54) is 7.11 Å². The normalized spacial score (nSPS) is 14.9. The molecule has 0 spiro atoms. The lowest BCUT2D eigenvalue weighted by Crippen LogP contribution is -2.44. The van der Waals surface area contributed by atoms with Crippen LogP contribution in [0, 0.1) is 0 Å². The molecule has 1 fully saturated rings. The second-order valence-corrected chi connectivity index (χ2v) is 6.77. The number of hydrogen-bond donors (Lipinski definition) is 2. The van der Waals surface area contributed by atoms with Crippen LogP contribution in [0.15, 0.2) is 42.5 Å². The number of fused-ring (bicyclic) bond motifs is 1. The van der Waals surface area contributed by atoms with Gasteiger partial charge in [-0.1, -0.05) is 18.2 Å². The first-order chi connectivity index (χ1) is 13.0. The number of aromatic nitrogens is 2. The summed E-state index contributed by atoms with van der Waals surface area (Å²) in [5.41, 5.74) is 9.03. The number of benzene rings is 2. The van der Waals surface area contributed by atoms with E-state index in [1.807, 2.05) is 18.2 Å². The Labute approximate surface area is 156 Å². The van der Waals surface area contributed by atoms with Gasteiger partial charge in [-0.2, -0.15) is 0 Å². The number of para-hydroxylation sites is 1. The number of likely N-dealkylation sites (tertiary alicyclic amines) is 1. The van der Waals surface area contributed by atoms with Gasteiger partial charge in [0.1, 0.15) is 11.3 Å². The number of rotatable bonds is 5. The van der Waals surface area contributed by atoms with Crippen molar-refractivity contribution in [3.05, 3.63) is 65.0 Å². The van der Waals surface area contributed by atoms with E-state index >= 15 is 0 Å². The number of primary amides is 1. The SMILES string of the molecule is COC(=O)c1ccc(CN2CC(c3nc4c(C(N)=O)cccc4[nH]3)C2)cc1. The van der Waals surface area contributed by atoms with E-state index in [9.17, 15) is 9.59 Å². The molecule has 0 saturated carbocycles. The number of imidazole rings is 1. The molecular formula is C20H20N4O3. The van der Waals surface area contributed by atoms with Crippen molar-refractivity contribution in [3.63, 3.8) is 0 Å². The molecule has 27 heavy (non-hydrogen) atoms. The fraction of sp³-hybridized carbons (Fsp3) is 0.250. The van der Waals surface area contributed by atoms with Crippen LogP contribution in [0.3, 0.4) is 0 Å². The number of nitrogens with one attached hydrogen (secondary N) is 1. The molecule has 7 heteroatoms. The summed E-state index contributed by atoms with van der Waals surface area (Å²) in [6.07, 6.45) is 0. The zero-order valence-corrected chi connectivity index (χ0v) is 14.9. The number of nitrogens with zero attached hydrogens (tertiary/aromatic N) is 2. The number of carbonyl (C=O) groups excluding carboxylic acids is 2. The first kappa shape index (κ1) is 17.2. The van der Waals surface area contributed by atoms with Gasteiger partial charge in [-0.15, -0.1) is 0 Å². The number of H-pyrrole nitrogens is 1. The quantitative estimate of drug-likeness (QED) is 0.675. The van der Waals surface area contributed by atoms with Crippen LogP contribution >= 0.6 is 0 Å². The van der Waals surface area contributed by atoms with Crippen LogP contribution in [0.2, 0.25) is 0 Å². The molecule has 4 rings (SSSR count). The fourth-order valence-corrected chi connectivity index (χ4v) is 3.44. The molecule has 3 N–H and O–H groups in total. The molecule has 3 aromatic rings. The summed E-state index contributed by atoms with van der Waals surface area (Å²) in [4.78, 5) is 33.2. The highest BCUT2D eigenvalue weighted by molar-refractivity contribution is 6.04. The number of amides is 1. The lowest BCUT2D eigenvalue weighted by atomic mass is 9.98. The van der Waals surface area contributed by atoms with Crippen molar-refractivity contribution in [3.8, 4) is 0 Å². The standard InChI is InChI=1S/C20H20N4O3/c1-27-20(26)13-7-5-12(6-8-13)9-24-10-14(11-24)19-22-16-4-2-3-15(18(21)25)17(16)23-19/h2-8,14H,9-11H2,1H3,(H2,21,25)(H,22,23). The second-order valence-electron chi connectivity index (χ2n) is 6.77. The summed E-state index contributed by atoms with van der Waals surface area (Å²) in [7, 11) is 1.38. The van der Waals surface area contributed by atoms with Gasteiger partial charge in [0, 0.05) is 25.6 Å². The Morgan fingerprint density at radius 1 is 1.22 bits per heavy atom. The average Bonchev–Trinajstić information content (AvgIpc) is 3.07.